The zero-order valence-corrected chi connectivity index (χ0v) is 14.1. The first-order chi connectivity index (χ1) is 9.44. The van der Waals surface area contributed by atoms with Crippen LogP contribution < -0.4 is 5.32 Å². The standard InChI is InChI=1S/C16H24Cl2N2/c1-12(13-6-7-14(17)15(18)10-13)19-11-16(20(2)3)8-4-5-9-16/h6-7,10,12,19H,4-5,8-9,11H2,1-3H3. The van der Waals surface area contributed by atoms with Gasteiger partial charge in [0.15, 0.2) is 0 Å². The summed E-state index contributed by atoms with van der Waals surface area (Å²) in [6.07, 6.45) is 5.23. The molecule has 0 saturated heterocycles. The van der Waals surface area contributed by atoms with Crippen molar-refractivity contribution in [3.05, 3.63) is 33.8 Å². The number of benzene rings is 1. The molecule has 1 aliphatic rings. The Morgan fingerprint density at radius 3 is 2.40 bits per heavy atom. The molecule has 20 heavy (non-hydrogen) atoms. The van der Waals surface area contributed by atoms with Crippen LogP contribution in [0.15, 0.2) is 18.2 Å². The average molecular weight is 315 g/mol. The molecule has 2 nitrogen and oxygen atoms in total. The molecule has 1 atom stereocenters. The van der Waals surface area contributed by atoms with E-state index >= 15 is 0 Å². The van der Waals surface area contributed by atoms with Crippen molar-refractivity contribution in [2.24, 2.45) is 0 Å². The van der Waals surface area contributed by atoms with E-state index in [9.17, 15) is 0 Å². The van der Waals surface area contributed by atoms with Crippen LogP contribution in [-0.2, 0) is 0 Å². The lowest BCUT2D eigenvalue weighted by atomic mass is 9.95. The van der Waals surface area contributed by atoms with Gasteiger partial charge in [-0.3, -0.25) is 0 Å². The van der Waals surface area contributed by atoms with Gasteiger partial charge < -0.3 is 10.2 Å². The summed E-state index contributed by atoms with van der Waals surface area (Å²) in [5.74, 6) is 0. The quantitative estimate of drug-likeness (QED) is 0.859. The Morgan fingerprint density at radius 1 is 1.20 bits per heavy atom. The van der Waals surface area contributed by atoms with Gasteiger partial charge in [-0.1, -0.05) is 42.1 Å². The van der Waals surface area contributed by atoms with E-state index in [1.165, 1.54) is 31.2 Å². The van der Waals surface area contributed by atoms with Gasteiger partial charge in [0.2, 0.25) is 0 Å². The molecule has 1 aromatic rings. The fourth-order valence-corrected chi connectivity index (χ4v) is 3.36. The van der Waals surface area contributed by atoms with Gasteiger partial charge in [0.25, 0.3) is 0 Å². The van der Waals surface area contributed by atoms with Crippen molar-refractivity contribution in [1.29, 1.82) is 0 Å². The average Bonchev–Trinajstić information content (AvgIpc) is 2.89. The van der Waals surface area contributed by atoms with Gasteiger partial charge in [-0.2, -0.15) is 0 Å². The maximum absolute atomic E-state index is 6.10. The third-order valence-electron chi connectivity index (χ3n) is 4.66. The predicted molar refractivity (Wildman–Crippen MR) is 87.8 cm³/mol. The number of hydrogen-bond donors (Lipinski definition) is 1. The van der Waals surface area contributed by atoms with Crippen molar-refractivity contribution in [3.8, 4) is 0 Å². The van der Waals surface area contributed by atoms with Crippen LogP contribution in [0.25, 0.3) is 0 Å². The molecule has 1 saturated carbocycles. The second-order valence-corrected chi connectivity index (χ2v) is 6.92. The summed E-state index contributed by atoms with van der Waals surface area (Å²) in [6, 6.07) is 6.15. The first kappa shape index (κ1) is 16.1. The van der Waals surface area contributed by atoms with E-state index in [0.29, 0.717) is 15.6 Å². The lowest BCUT2D eigenvalue weighted by Gasteiger charge is -2.37. The van der Waals surface area contributed by atoms with Crippen LogP contribution >= 0.6 is 23.2 Å². The first-order valence-electron chi connectivity index (χ1n) is 7.30. The highest BCUT2D eigenvalue weighted by atomic mass is 35.5. The van der Waals surface area contributed by atoms with Crippen molar-refractivity contribution in [3.63, 3.8) is 0 Å². The Labute approximate surface area is 132 Å². The Kier molecular flexibility index (Phi) is 5.36. The third-order valence-corrected chi connectivity index (χ3v) is 5.40. The minimum atomic E-state index is 0.280. The van der Waals surface area contributed by atoms with Crippen LogP contribution in [0.2, 0.25) is 10.0 Å². The highest BCUT2D eigenvalue weighted by molar-refractivity contribution is 6.42. The molecule has 0 radical (unpaired) electrons. The molecule has 1 aliphatic carbocycles. The molecule has 0 heterocycles. The van der Waals surface area contributed by atoms with Crippen molar-refractivity contribution < 1.29 is 0 Å². The lowest BCUT2D eigenvalue weighted by Crippen LogP contribution is -2.50. The van der Waals surface area contributed by atoms with Crippen molar-refractivity contribution in [1.82, 2.24) is 10.2 Å². The monoisotopic (exact) mass is 314 g/mol. The van der Waals surface area contributed by atoms with E-state index in [4.69, 9.17) is 23.2 Å². The molecular weight excluding hydrogens is 291 g/mol. The summed E-state index contributed by atoms with van der Waals surface area (Å²) < 4.78 is 0. The van der Waals surface area contributed by atoms with Gasteiger partial charge in [-0.25, -0.2) is 0 Å². The summed E-state index contributed by atoms with van der Waals surface area (Å²) >= 11 is 12.1. The maximum atomic E-state index is 6.10. The molecule has 4 heteroatoms. The number of nitrogens with one attached hydrogen (secondary N) is 1. The van der Waals surface area contributed by atoms with E-state index in [0.717, 1.165) is 6.54 Å². The van der Waals surface area contributed by atoms with Crippen molar-refractivity contribution in [2.75, 3.05) is 20.6 Å². The van der Waals surface area contributed by atoms with Gasteiger partial charge in [-0.15, -0.1) is 0 Å². The second-order valence-electron chi connectivity index (χ2n) is 6.10. The maximum Gasteiger partial charge on any atom is 0.0595 e. The molecule has 1 aromatic carbocycles. The molecule has 1 fully saturated rings. The van der Waals surface area contributed by atoms with E-state index in [1.807, 2.05) is 18.2 Å². The molecule has 2 rings (SSSR count). The second kappa shape index (κ2) is 6.65. The minimum absolute atomic E-state index is 0.280. The smallest absolute Gasteiger partial charge is 0.0595 e. The molecule has 112 valence electrons. The van der Waals surface area contributed by atoms with E-state index in [2.05, 4.69) is 31.2 Å². The summed E-state index contributed by atoms with van der Waals surface area (Å²) in [7, 11) is 4.38. The molecule has 0 bridgehead atoms. The Morgan fingerprint density at radius 2 is 1.85 bits per heavy atom. The summed E-state index contributed by atoms with van der Waals surface area (Å²) in [6.45, 7) is 3.19. The van der Waals surface area contributed by atoms with Crippen molar-refractivity contribution in [2.45, 2.75) is 44.2 Å². The zero-order chi connectivity index (χ0) is 14.8. The fraction of sp³-hybridized carbons (Fsp3) is 0.625. The van der Waals surface area contributed by atoms with Crippen LogP contribution in [-0.4, -0.2) is 31.1 Å². The van der Waals surface area contributed by atoms with Gasteiger partial charge in [-0.05, 0) is 51.6 Å². The Hall–Kier alpha value is -0.280. The first-order valence-corrected chi connectivity index (χ1v) is 8.06. The molecule has 1 N–H and O–H groups in total. The van der Waals surface area contributed by atoms with E-state index in [-0.39, 0.29) is 6.04 Å². The van der Waals surface area contributed by atoms with Gasteiger partial charge >= 0.3 is 0 Å². The largest absolute Gasteiger partial charge is 0.308 e. The number of rotatable bonds is 5. The van der Waals surface area contributed by atoms with Gasteiger partial charge in [0.1, 0.15) is 0 Å². The SMILES string of the molecule is CC(NCC1(N(C)C)CCCC1)c1ccc(Cl)c(Cl)c1. The number of nitrogens with zero attached hydrogens (tertiary/aromatic N) is 1. The van der Waals surface area contributed by atoms with Crippen molar-refractivity contribution >= 4 is 23.2 Å². The number of hydrogen-bond acceptors (Lipinski definition) is 2. The van der Waals surface area contributed by atoms with Crippen LogP contribution in [0.5, 0.6) is 0 Å². The predicted octanol–water partition coefficient (Wildman–Crippen LogP) is 4.52. The van der Waals surface area contributed by atoms with Gasteiger partial charge in [0.05, 0.1) is 10.0 Å². The molecule has 0 aromatic heterocycles. The lowest BCUT2D eigenvalue weighted by molar-refractivity contribution is 0.150. The van der Waals surface area contributed by atoms with Crippen LogP contribution in [0, 0.1) is 0 Å². The molecule has 1 unspecified atom stereocenters. The number of likely N-dealkylation sites (N-methyl/N-ethyl adjacent to an activating group) is 1. The molecule has 0 spiro atoms. The zero-order valence-electron chi connectivity index (χ0n) is 12.5. The van der Waals surface area contributed by atoms with Crippen LogP contribution in [0.1, 0.15) is 44.2 Å². The van der Waals surface area contributed by atoms with E-state index in [1.54, 1.807) is 0 Å². The minimum Gasteiger partial charge on any atom is -0.308 e. The van der Waals surface area contributed by atoms with Crippen LogP contribution in [0.3, 0.4) is 0 Å². The highest BCUT2D eigenvalue weighted by Crippen LogP contribution is 2.34. The summed E-state index contributed by atoms with van der Waals surface area (Å²) in [4.78, 5) is 2.38. The molecular formula is C16H24Cl2N2. The fourth-order valence-electron chi connectivity index (χ4n) is 3.06. The number of halogens is 2. The Bertz CT molecular complexity index is 454. The highest BCUT2D eigenvalue weighted by Gasteiger charge is 2.35. The van der Waals surface area contributed by atoms with E-state index < -0.39 is 0 Å². The molecule has 0 aliphatic heterocycles. The molecule has 0 amide bonds. The third kappa shape index (κ3) is 3.48. The summed E-state index contributed by atoms with van der Waals surface area (Å²) in [5.41, 5.74) is 1.50. The van der Waals surface area contributed by atoms with Crippen LogP contribution in [0.4, 0.5) is 0 Å². The summed E-state index contributed by atoms with van der Waals surface area (Å²) in [5, 5.41) is 4.91. The normalized spacial score (nSPS) is 19.5. The van der Waals surface area contributed by atoms with Gasteiger partial charge in [0, 0.05) is 18.1 Å². The topological polar surface area (TPSA) is 15.3 Å². The Balaban J connectivity index is 2.00.